The first-order valence-electron chi connectivity index (χ1n) is 6.32. The van der Waals surface area contributed by atoms with Crippen LogP contribution in [-0.2, 0) is 16.4 Å². The molecule has 0 saturated carbocycles. The quantitative estimate of drug-likeness (QED) is 0.866. The maximum Gasteiger partial charge on any atom is 0.284 e. The first-order chi connectivity index (χ1) is 8.40. The van der Waals surface area contributed by atoms with Gasteiger partial charge in [0.2, 0.25) is 10.0 Å². The molecule has 2 N–H and O–H groups in total. The molecule has 0 atom stereocenters. The number of sulfonamides is 1. The van der Waals surface area contributed by atoms with E-state index in [0.29, 0.717) is 12.1 Å². The van der Waals surface area contributed by atoms with E-state index in [1.54, 1.807) is 10.9 Å². The summed E-state index contributed by atoms with van der Waals surface area (Å²) in [5.74, 6) is 0. The van der Waals surface area contributed by atoms with Gasteiger partial charge >= 0.3 is 0 Å². The molecule has 7 heteroatoms. The lowest BCUT2D eigenvalue weighted by Gasteiger charge is -2.36. The Morgan fingerprint density at radius 2 is 1.89 bits per heavy atom. The van der Waals surface area contributed by atoms with Crippen LogP contribution in [-0.4, -0.2) is 21.5 Å². The van der Waals surface area contributed by atoms with E-state index in [1.165, 1.54) is 6.07 Å². The predicted molar refractivity (Wildman–Crippen MR) is 79.0 cm³/mol. The third-order valence-corrected chi connectivity index (χ3v) is 8.94. The minimum Gasteiger partial charge on any atom is -0.470 e. The van der Waals surface area contributed by atoms with Crippen molar-refractivity contribution in [3.63, 3.8) is 0 Å². The highest BCUT2D eigenvalue weighted by molar-refractivity contribution is 7.89. The molecule has 0 saturated heterocycles. The summed E-state index contributed by atoms with van der Waals surface area (Å²) in [5.41, 5.74) is 0.604. The van der Waals surface area contributed by atoms with Gasteiger partial charge in [-0.15, -0.1) is 0 Å². The van der Waals surface area contributed by atoms with Crippen LogP contribution in [0.4, 0.5) is 0 Å². The van der Waals surface area contributed by atoms with Gasteiger partial charge in [-0.2, -0.15) is 0 Å². The van der Waals surface area contributed by atoms with Gasteiger partial charge in [0.25, 0.3) is 8.32 Å². The Kier molecular flexibility index (Phi) is 4.24. The highest BCUT2D eigenvalue weighted by Gasteiger charge is 2.40. The molecular formula is C12H24N2O3SSi. The number of primary sulfonamides is 1. The molecule has 0 bridgehead atoms. The molecule has 19 heavy (non-hydrogen) atoms. The van der Waals surface area contributed by atoms with Crippen LogP contribution >= 0.6 is 0 Å². The van der Waals surface area contributed by atoms with Crippen LogP contribution in [0.3, 0.4) is 0 Å². The van der Waals surface area contributed by atoms with E-state index < -0.39 is 18.3 Å². The first-order valence-corrected chi connectivity index (χ1v) is 10.8. The highest BCUT2D eigenvalue weighted by Crippen LogP contribution is 2.35. The number of aromatic nitrogens is 1. The molecule has 0 radical (unpaired) electrons. The molecule has 0 unspecified atom stereocenters. The summed E-state index contributed by atoms with van der Waals surface area (Å²) in [7, 11) is -5.71. The zero-order chi connectivity index (χ0) is 15.1. The third kappa shape index (κ3) is 3.40. The Labute approximate surface area is 116 Å². The molecule has 0 fully saturated rings. The van der Waals surface area contributed by atoms with E-state index in [-0.39, 0.29) is 9.93 Å². The lowest BCUT2D eigenvalue weighted by atomic mass is 10.2. The van der Waals surface area contributed by atoms with Crippen molar-refractivity contribution in [1.29, 1.82) is 0 Å². The second-order valence-electron chi connectivity index (χ2n) is 6.20. The fraction of sp³-hybridized carbons (Fsp3) is 0.667. The second-order valence-corrected chi connectivity index (χ2v) is 12.4. The van der Waals surface area contributed by atoms with Gasteiger partial charge in [0.05, 0.1) is 5.69 Å². The number of nitrogens with two attached hydrogens (primary N) is 1. The Hall–Kier alpha value is -0.793. The molecule has 0 aromatic carbocycles. The lowest BCUT2D eigenvalue weighted by molar-refractivity contribution is 0.240. The standard InChI is InChI=1S/C12H24N2O3SSi/c1-7-10-11(18(13,15)16)8-9-14(10)17-19(5,6)12(2,3)4/h8-9H,7H2,1-6H3,(H2,13,15,16). The van der Waals surface area contributed by atoms with Crippen molar-refractivity contribution < 1.29 is 12.9 Å². The molecule has 1 rings (SSSR count). The minimum absolute atomic E-state index is 0.0457. The maximum atomic E-state index is 11.5. The molecule has 1 aromatic heterocycles. The monoisotopic (exact) mass is 304 g/mol. The number of hydrogen-bond donors (Lipinski definition) is 1. The second kappa shape index (κ2) is 4.95. The SMILES string of the molecule is CCc1c(S(N)(=O)=O)ccn1O[Si](C)(C)C(C)(C)C. The summed E-state index contributed by atoms with van der Waals surface area (Å²) in [6.45, 7) is 12.5. The van der Waals surface area contributed by atoms with Gasteiger partial charge < -0.3 is 4.53 Å². The van der Waals surface area contributed by atoms with Gasteiger partial charge in [-0.05, 0) is 30.6 Å². The van der Waals surface area contributed by atoms with Gasteiger partial charge in [-0.1, -0.05) is 27.7 Å². The molecule has 5 nitrogen and oxygen atoms in total. The Bertz CT molecular complexity index is 556. The zero-order valence-electron chi connectivity index (χ0n) is 12.5. The van der Waals surface area contributed by atoms with Gasteiger partial charge in [0.1, 0.15) is 4.90 Å². The van der Waals surface area contributed by atoms with Crippen LogP contribution in [0, 0.1) is 0 Å². The van der Waals surface area contributed by atoms with Crippen LogP contribution in [0.15, 0.2) is 17.2 Å². The minimum atomic E-state index is -3.70. The smallest absolute Gasteiger partial charge is 0.284 e. The van der Waals surface area contributed by atoms with Crippen molar-refractivity contribution in [1.82, 2.24) is 4.73 Å². The fourth-order valence-corrected chi connectivity index (χ4v) is 3.24. The average molecular weight is 304 g/mol. The van der Waals surface area contributed by atoms with Gasteiger partial charge in [-0.25, -0.2) is 18.3 Å². The topological polar surface area (TPSA) is 74.3 Å². The number of hydrogen-bond acceptors (Lipinski definition) is 3. The largest absolute Gasteiger partial charge is 0.470 e. The van der Waals surface area contributed by atoms with Crippen molar-refractivity contribution in [2.24, 2.45) is 5.14 Å². The summed E-state index contributed by atoms with van der Waals surface area (Å²) in [6.07, 6.45) is 2.19. The van der Waals surface area contributed by atoms with Crippen LogP contribution in [0.5, 0.6) is 0 Å². The summed E-state index contributed by atoms with van der Waals surface area (Å²) in [4.78, 5) is 0.147. The summed E-state index contributed by atoms with van der Waals surface area (Å²) in [6, 6.07) is 1.50. The van der Waals surface area contributed by atoms with Crippen LogP contribution in [0.25, 0.3) is 0 Å². The van der Waals surface area contributed by atoms with Crippen LogP contribution in [0.2, 0.25) is 18.1 Å². The molecule has 0 aliphatic heterocycles. The van der Waals surface area contributed by atoms with Crippen molar-refractivity contribution in [2.45, 2.75) is 57.1 Å². The van der Waals surface area contributed by atoms with Crippen molar-refractivity contribution >= 4 is 18.3 Å². The Balaban J connectivity index is 3.22. The Morgan fingerprint density at radius 3 is 2.26 bits per heavy atom. The third-order valence-electron chi connectivity index (χ3n) is 3.69. The maximum absolute atomic E-state index is 11.5. The number of nitrogens with zero attached hydrogens (tertiary/aromatic N) is 1. The van der Waals surface area contributed by atoms with E-state index in [4.69, 9.17) is 9.67 Å². The van der Waals surface area contributed by atoms with Gasteiger partial charge in [-0.3, -0.25) is 0 Å². The van der Waals surface area contributed by atoms with Crippen LogP contribution in [0.1, 0.15) is 33.4 Å². The van der Waals surface area contributed by atoms with E-state index in [9.17, 15) is 8.42 Å². The van der Waals surface area contributed by atoms with Gasteiger partial charge in [0, 0.05) is 6.20 Å². The Morgan fingerprint density at radius 1 is 1.37 bits per heavy atom. The molecule has 1 heterocycles. The van der Waals surface area contributed by atoms with Gasteiger partial charge in [0.15, 0.2) is 0 Å². The van der Waals surface area contributed by atoms with E-state index in [0.717, 1.165) is 0 Å². The van der Waals surface area contributed by atoms with Crippen molar-refractivity contribution in [3.8, 4) is 0 Å². The van der Waals surface area contributed by atoms with E-state index in [1.807, 2.05) is 6.92 Å². The lowest BCUT2D eigenvalue weighted by Crippen LogP contribution is -2.48. The number of rotatable bonds is 4. The van der Waals surface area contributed by atoms with Crippen molar-refractivity contribution in [3.05, 3.63) is 18.0 Å². The van der Waals surface area contributed by atoms with E-state index >= 15 is 0 Å². The molecule has 0 amide bonds. The molecule has 0 aliphatic carbocycles. The summed E-state index contributed by atoms with van der Waals surface area (Å²) in [5, 5.41) is 5.26. The molecule has 0 spiro atoms. The fourth-order valence-electron chi connectivity index (χ4n) is 1.49. The molecular weight excluding hydrogens is 280 g/mol. The zero-order valence-corrected chi connectivity index (χ0v) is 14.3. The molecule has 0 aliphatic rings. The average Bonchev–Trinajstić information content (AvgIpc) is 2.57. The highest BCUT2D eigenvalue weighted by atomic mass is 32.2. The molecule has 110 valence electrons. The molecule has 1 aromatic rings. The van der Waals surface area contributed by atoms with Crippen LogP contribution < -0.4 is 9.67 Å². The predicted octanol–water partition coefficient (Wildman–Crippen LogP) is 2.13. The summed E-state index contributed by atoms with van der Waals surface area (Å²) >= 11 is 0. The summed E-state index contributed by atoms with van der Waals surface area (Å²) < 4.78 is 30.7. The van der Waals surface area contributed by atoms with Crippen molar-refractivity contribution in [2.75, 3.05) is 0 Å². The normalized spacial score (nSPS) is 13.6. The first kappa shape index (κ1) is 16.3. The van der Waals surface area contributed by atoms with E-state index in [2.05, 4.69) is 33.9 Å².